The highest BCUT2D eigenvalue weighted by molar-refractivity contribution is 8.00. The molecule has 0 atom stereocenters. The standard InChI is InChI=1S/C13H19BFNO2S/c1-13(2)9-16(5-6-19-13)8-10-3-4-11(15)7-12(10)14(17)18/h3-4,7,17-18H,5-6,8-9H2,1-2H3. The van der Waals surface area contributed by atoms with Crippen molar-refractivity contribution in [1.29, 1.82) is 0 Å². The van der Waals surface area contributed by atoms with Gasteiger partial charge in [-0.2, -0.15) is 11.8 Å². The lowest BCUT2D eigenvalue weighted by Crippen LogP contribution is -2.44. The van der Waals surface area contributed by atoms with E-state index in [1.165, 1.54) is 12.1 Å². The van der Waals surface area contributed by atoms with E-state index in [2.05, 4.69) is 18.7 Å². The Labute approximate surface area is 118 Å². The van der Waals surface area contributed by atoms with E-state index in [1.807, 2.05) is 11.8 Å². The molecule has 1 aromatic rings. The highest BCUT2D eigenvalue weighted by atomic mass is 32.2. The zero-order valence-electron chi connectivity index (χ0n) is 11.3. The number of benzene rings is 1. The average molecular weight is 283 g/mol. The molecule has 3 nitrogen and oxygen atoms in total. The zero-order chi connectivity index (χ0) is 14.0. The molecular formula is C13H19BFNO2S. The molecule has 0 bridgehead atoms. The van der Waals surface area contributed by atoms with Crippen LogP contribution in [0.4, 0.5) is 4.39 Å². The summed E-state index contributed by atoms with van der Waals surface area (Å²) in [5, 5.41) is 18.7. The molecule has 1 aliphatic rings. The van der Waals surface area contributed by atoms with Crippen molar-refractivity contribution in [2.75, 3.05) is 18.8 Å². The van der Waals surface area contributed by atoms with Gasteiger partial charge in [0.15, 0.2) is 0 Å². The second kappa shape index (κ2) is 5.83. The first-order chi connectivity index (χ1) is 8.87. The molecule has 0 unspecified atom stereocenters. The number of hydrogen-bond donors (Lipinski definition) is 2. The van der Waals surface area contributed by atoms with Gasteiger partial charge in [0.25, 0.3) is 0 Å². The van der Waals surface area contributed by atoms with Crippen LogP contribution in [0.5, 0.6) is 0 Å². The minimum Gasteiger partial charge on any atom is -0.423 e. The molecule has 0 aromatic heterocycles. The molecule has 2 N–H and O–H groups in total. The van der Waals surface area contributed by atoms with Crippen LogP contribution in [0.2, 0.25) is 0 Å². The van der Waals surface area contributed by atoms with Crippen molar-refractivity contribution in [3.63, 3.8) is 0 Å². The quantitative estimate of drug-likeness (QED) is 0.807. The lowest BCUT2D eigenvalue weighted by Gasteiger charge is -2.37. The minimum atomic E-state index is -1.63. The monoisotopic (exact) mass is 283 g/mol. The van der Waals surface area contributed by atoms with E-state index in [1.54, 1.807) is 6.07 Å². The first kappa shape index (κ1) is 14.8. The Balaban J connectivity index is 2.14. The fourth-order valence-corrected chi connectivity index (χ4v) is 3.62. The first-order valence-corrected chi connectivity index (χ1v) is 7.37. The van der Waals surface area contributed by atoms with Gasteiger partial charge in [0.05, 0.1) is 0 Å². The third-order valence-corrected chi connectivity index (χ3v) is 4.58. The Hall–Kier alpha value is -0.555. The number of rotatable bonds is 3. The van der Waals surface area contributed by atoms with Gasteiger partial charge >= 0.3 is 7.12 Å². The van der Waals surface area contributed by atoms with Crippen molar-refractivity contribution in [1.82, 2.24) is 4.90 Å². The van der Waals surface area contributed by atoms with Gasteiger partial charge in [0, 0.05) is 30.1 Å². The Kier molecular flexibility index (Phi) is 4.56. The lowest BCUT2D eigenvalue weighted by atomic mass is 9.77. The average Bonchev–Trinajstić information content (AvgIpc) is 2.30. The van der Waals surface area contributed by atoms with Gasteiger partial charge in [0.2, 0.25) is 0 Å². The predicted molar refractivity (Wildman–Crippen MR) is 78.0 cm³/mol. The minimum absolute atomic E-state index is 0.205. The summed E-state index contributed by atoms with van der Waals surface area (Å²) in [6.45, 7) is 6.94. The van der Waals surface area contributed by atoms with Crippen molar-refractivity contribution >= 4 is 24.3 Å². The van der Waals surface area contributed by atoms with Gasteiger partial charge in [-0.3, -0.25) is 4.90 Å². The summed E-state index contributed by atoms with van der Waals surface area (Å²) in [5.41, 5.74) is 1.04. The SMILES string of the molecule is CC1(C)CN(Cc2ccc(F)cc2B(O)O)CCS1. The maximum Gasteiger partial charge on any atom is 0.488 e. The van der Waals surface area contributed by atoms with E-state index < -0.39 is 12.9 Å². The summed E-state index contributed by atoms with van der Waals surface area (Å²) < 4.78 is 13.4. The number of hydrogen-bond acceptors (Lipinski definition) is 4. The number of thioether (sulfide) groups is 1. The molecule has 1 aromatic carbocycles. The summed E-state index contributed by atoms with van der Waals surface area (Å²) in [4.78, 5) is 2.27. The fraction of sp³-hybridized carbons (Fsp3) is 0.538. The third-order valence-electron chi connectivity index (χ3n) is 3.28. The fourth-order valence-electron chi connectivity index (χ4n) is 2.44. The topological polar surface area (TPSA) is 43.7 Å². The van der Waals surface area contributed by atoms with Crippen LogP contribution in [0.3, 0.4) is 0 Å². The third kappa shape index (κ3) is 3.95. The molecule has 2 rings (SSSR count). The van der Waals surface area contributed by atoms with E-state index in [4.69, 9.17) is 0 Å². The van der Waals surface area contributed by atoms with Crippen LogP contribution in [-0.2, 0) is 6.54 Å². The second-order valence-electron chi connectivity index (χ2n) is 5.54. The Morgan fingerprint density at radius 3 is 2.79 bits per heavy atom. The van der Waals surface area contributed by atoms with Gasteiger partial charge in [-0.1, -0.05) is 6.07 Å². The van der Waals surface area contributed by atoms with Crippen LogP contribution in [0.1, 0.15) is 19.4 Å². The summed E-state index contributed by atoms with van der Waals surface area (Å²) in [7, 11) is -1.63. The van der Waals surface area contributed by atoms with Crippen LogP contribution in [-0.4, -0.2) is 45.7 Å². The van der Waals surface area contributed by atoms with Gasteiger partial charge in [-0.05, 0) is 37.0 Å². The van der Waals surface area contributed by atoms with Crippen molar-refractivity contribution in [3.8, 4) is 0 Å². The van der Waals surface area contributed by atoms with E-state index in [-0.39, 0.29) is 10.2 Å². The smallest absolute Gasteiger partial charge is 0.423 e. The molecule has 0 amide bonds. The van der Waals surface area contributed by atoms with Gasteiger partial charge < -0.3 is 10.0 Å². The summed E-state index contributed by atoms with van der Waals surface area (Å²) >= 11 is 1.95. The zero-order valence-corrected chi connectivity index (χ0v) is 12.1. The van der Waals surface area contributed by atoms with Gasteiger partial charge in [0.1, 0.15) is 5.82 Å². The van der Waals surface area contributed by atoms with Crippen molar-refractivity contribution < 1.29 is 14.4 Å². The lowest BCUT2D eigenvalue weighted by molar-refractivity contribution is 0.253. The van der Waals surface area contributed by atoms with E-state index in [0.717, 1.165) is 24.4 Å². The molecule has 0 radical (unpaired) electrons. The highest BCUT2D eigenvalue weighted by Crippen LogP contribution is 2.30. The summed E-state index contributed by atoms with van der Waals surface area (Å²) in [5.74, 6) is 0.618. The molecule has 1 heterocycles. The van der Waals surface area contributed by atoms with Crippen molar-refractivity contribution in [2.24, 2.45) is 0 Å². The first-order valence-electron chi connectivity index (χ1n) is 6.38. The molecule has 1 aliphatic heterocycles. The second-order valence-corrected chi connectivity index (χ2v) is 7.34. The maximum absolute atomic E-state index is 13.2. The number of halogens is 1. The summed E-state index contributed by atoms with van der Waals surface area (Å²) in [6.07, 6.45) is 0. The highest BCUT2D eigenvalue weighted by Gasteiger charge is 2.28. The van der Waals surface area contributed by atoms with Crippen LogP contribution < -0.4 is 5.46 Å². The maximum atomic E-state index is 13.2. The van der Waals surface area contributed by atoms with Crippen LogP contribution in [0, 0.1) is 5.82 Å². The van der Waals surface area contributed by atoms with E-state index in [9.17, 15) is 14.4 Å². The normalized spacial score (nSPS) is 19.4. The molecule has 1 saturated heterocycles. The summed E-state index contributed by atoms with van der Waals surface area (Å²) in [6, 6.07) is 4.20. The van der Waals surface area contributed by atoms with E-state index in [0.29, 0.717) is 6.54 Å². The van der Waals surface area contributed by atoms with Crippen molar-refractivity contribution in [2.45, 2.75) is 25.1 Å². The van der Waals surface area contributed by atoms with Crippen LogP contribution in [0.25, 0.3) is 0 Å². The largest absolute Gasteiger partial charge is 0.488 e. The van der Waals surface area contributed by atoms with Gasteiger partial charge in [-0.25, -0.2) is 4.39 Å². The molecule has 0 saturated carbocycles. The molecule has 0 aliphatic carbocycles. The molecule has 1 fully saturated rings. The van der Waals surface area contributed by atoms with Gasteiger partial charge in [-0.15, -0.1) is 0 Å². The predicted octanol–water partition coefficient (Wildman–Crippen LogP) is 0.833. The number of nitrogens with zero attached hydrogens (tertiary/aromatic N) is 1. The molecular weight excluding hydrogens is 264 g/mol. The molecule has 6 heteroatoms. The van der Waals surface area contributed by atoms with E-state index >= 15 is 0 Å². The van der Waals surface area contributed by atoms with Crippen LogP contribution >= 0.6 is 11.8 Å². The Bertz CT molecular complexity index is 456. The molecule has 19 heavy (non-hydrogen) atoms. The Morgan fingerprint density at radius 1 is 1.42 bits per heavy atom. The molecule has 104 valence electrons. The van der Waals surface area contributed by atoms with Crippen molar-refractivity contribution in [3.05, 3.63) is 29.6 Å². The molecule has 0 spiro atoms. The Morgan fingerprint density at radius 2 is 2.16 bits per heavy atom. The van der Waals surface area contributed by atoms with Crippen LogP contribution in [0.15, 0.2) is 18.2 Å².